The summed E-state index contributed by atoms with van der Waals surface area (Å²) in [5.41, 5.74) is 2.49. The molecule has 2 aliphatic rings. The number of carbonyl (C=O) groups excluding carboxylic acids is 1. The average molecular weight is 375 g/mol. The van der Waals surface area contributed by atoms with Gasteiger partial charge in [-0.2, -0.15) is 13.2 Å². The third-order valence-corrected chi connectivity index (χ3v) is 5.28. The van der Waals surface area contributed by atoms with Gasteiger partial charge in [-0.25, -0.2) is 4.98 Å². The van der Waals surface area contributed by atoms with Gasteiger partial charge in [-0.3, -0.25) is 4.79 Å². The Kier molecular flexibility index (Phi) is 4.53. The van der Waals surface area contributed by atoms with E-state index in [0.29, 0.717) is 24.5 Å². The number of hydrogen-bond donors (Lipinski definition) is 1. The van der Waals surface area contributed by atoms with E-state index in [4.69, 9.17) is 0 Å². The Balaban J connectivity index is 1.37. The summed E-state index contributed by atoms with van der Waals surface area (Å²) in [7, 11) is 0. The fourth-order valence-electron chi connectivity index (χ4n) is 3.81. The minimum atomic E-state index is -4.39. The van der Waals surface area contributed by atoms with Gasteiger partial charge in [-0.05, 0) is 61.1 Å². The van der Waals surface area contributed by atoms with E-state index >= 15 is 0 Å². The third-order valence-electron chi connectivity index (χ3n) is 5.28. The number of carbonyl (C=O) groups is 1. The van der Waals surface area contributed by atoms with E-state index in [9.17, 15) is 18.0 Å². The zero-order valence-electron chi connectivity index (χ0n) is 14.7. The normalized spacial score (nSPS) is 19.2. The second-order valence-electron chi connectivity index (χ2n) is 7.14. The minimum Gasteiger partial charge on any atom is -0.354 e. The van der Waals surface area contributed by atoms with E-state index in [1.54, 1.807) is 0 Å². The van der Waals surface area contributed by atoms with Crippen LogP contribution in [0.25, 0.3) is 0 Å². The number of anilines is 1. The first-order valence-electron chi connectivity index (χ1n) is 9.11. The molecule has 1 aromatic heterocycles. The van der Waals surface area contributed by atoms with Crippen molar-refractivity contribution in [3.05, 3.63) is 58.8 Å². The predicted molar refractivity (Wildman–Crippen MR) is 95.8 cm³/mol. The Bertz CT molecular complexity index is 849. The van der Waals surface area contributed by atoms with Gasteiger partial charge in [0.2, 0.25) is 0 Å². The van der Waals surface area contributed by atoms with E-state index < -0.39 is 11.7 Å². The van der Waals surface area contributed by atoms with E-state index in [0.717, 1.165) is 37.9 Å². The highest BCUT2D eigenvalue weighted by Crippen LogP contribution is 2.30. The lowest BCUT2D eigenvalue weighted by atomic mass is 10.1. The summed E-state index contributed by atoms with van der Waals surface area (Å²) >= 11 is 0. The molecule has 1 unspecified atom stereocenters. The fraction of sp³-hybridized carbons (Fsp3) is 0.400. The molecule has 1 aliphatic heterocycles. The van der Waals surface area contributed by atoms with Gasteiger partial charge in [0.1, 0.15) is 5.82 Å². The Labute approximate surface area is 155 Å². The zero-order chi connectivity index (χ0) is 19.0. The second-order valence-corrected chi connectivity index (χ2v) is 7.14. The summed E-state index contributed by atoms with van der Waals surface area (Å²) in [5.74, 6) is 0.397. The molecule has 0 bridgehead atoms. The highest BCUT2D eigenvalue weighted by atomic mass is 19.4. The van der Waals surface area contributed by atoms with Crippen molar-refractivity contribution in [2.75, 3.05) is 18.0 Å². The summed E-state index contributed by atoms with van der Waals surface area (Å²) in [6, 6.07) is 8.25. The second kappa shape index (κ2) is 6.87. The molecule has 1 atom stereocenters. The van der Waals surface area contributed by atoms with Crippen LogP contribution in [0.1, 0.15) is 39.9 Å². The number of hydrogen-bond acceptors (Lipinski definition) is 3. The SMILES string of the molecule is O=C(NC1CCN(c2ccc(C(F)(F)F)cn2)C1)c1ccc2c(c1)CCC2. The largest absolute Gasteiger partial charge is 0.417 e. The van der Waals surface area contributed by atoms with Crippen LogP contribution in [0.4, 0.5) is 19.0 Å². The number of nitrogens with zero attached hydrogens (tertiary/aromatic N) is 2. The van der Waals surface area contributed by atoms with Crippen molar-refractivity contribution in [3.63, 3.8) is 0 Å². The fourth-order valence-corrected chi connectivity index (χ4v) is 3.81. The number of aromatic nitrogens is 1. The maximum atomic E-state index is 12.6. The number of aryl methyl sites for hydroxylation is 2. The van der Waals surface area contributed by atoms with Crippen LogP contribution in [-0.2, 0) is 19.0 Å². The maximum Gasteiger partial charge on any atom is 0.417 e. The average Bonchev–Trinajstić information content (AvgIpc) is 3.29. The maximum absolute atomic E-state index is 12.6. The van der Waals surface area contributed by atoms with Crippen molar-refractivity contribution in [1.82, 2.24) is 10.3 Å². The molecule has 4 rings (SSSR count). The molecule has 4 nitrogen and oxygen atoms in total. The molecule has 0 saturated carbocycles. The summed E-state index contributed by atoms with van der Waals surface area (Å²) in [4.78, 5) is 18.4. The van der Waals surface area contributed by atoms with Crippen molar-refractivity contribution in [2.24, 2.45) is 0 Å². The monoisotopic (exact) mass is 375 g/mol. The third kappa shape index (κ3) is 3.77. The van der Waals surface area contributed by atoms with E-state index in [1.165, 1.54) is 17.2 Å². The van der Waals surface area contributed by atoms with Crippen molar-refractivity contribution in [1.29, 1.82) is 0 Å². The number of amides is 1. The van der Waals surface area contributed by atoms with Gasteiger partial charge in [-0.15, -0.1) is 0 Å². The Morgan fingerprint density at radius 3 is 2.70 bits per heavy atom. The lowest BCUT2D eigenvalue weighted by Gasteiger charge is -2.18. The molecule has 1 N–H and O–H groups in total. The van der Waals surface area contributed by atoms with Gasteiger partial charge >= 0.3 is 6.18 Å². The van der Waals surface area contributed by atoms with Gasteiger partial charge in [-0.1, -0.05) is 6.07 Å². The van der Waals surface area contributed by atoms with Crippen LogP contribution in [-0.4, -0.2) is 30.0 Å². The highest BCUT2D eigenvalue weighted by Gasteiger charge is 2.31. The molecule has 0 spiro atoms. The van der Waals surface area contributed by atoms with Crippen LogP contribution in [0.15, 0.2) is 36.5 Å². The molecule has 1 aromatic carbocycles. The van der Waals surface area contributed by atoms with Crippen LogP contribution in [0.3, 0.4) is 0 Å². The molecule has 1 amide bonds. The van der Waals surface area contributed by atoms with Crippen LogP contribution >= 0.6 is 0 Å². The van der Waals surface area contributed by atoms with Crippen molar-refractivity contribution in [2.45, 2.75) is 37.9 Å². The first-order valence-corrected chi connectivity index (χ1v) is 9.11. The number of nitrogens with one attached hydrogen (secondary N) is 1. The number of fused-ring (bicyclic) bond motifs is 1. The van der Waals surface area contributed by atoms with Crippen LogP contribution in [0, 0.1) is 0 Å². The van der Waals surface area contributed by atoms with E-state index in [1.807, 2.05) is 23.1 Å². The lowest BCUT2D eigenvalue weighted by Crippen LogP contribution is -2.37. The predicted octanol–water partition coefficient (Wildman–Crippen LogP) is 3.60. The minimum absolute atomic E-state index is 0.0464. The highest BCUT2D eigenvalue weighted by molar-refractivity contribution is 5.94. The molecule has 142 valence electrons. The van der Waals surface area contributed by atoms with Crippen molar-refractivity contribution < 1.29 is 18.0 Å². The summed E-state index contributed by atoms with van der Waals surface area (Å²) in [5, 5.41) is 3.03. The standard InChI is InChI=1S/C20H20F3N3O/c21-20(22,23)16-6-7-18(24-11-16)26-9-8-17(12-26)25-19(27)15-5-4-13-2-1-3-14(13)10-15/h4-7,10-11,17H,1-3,8-9,12H2,(H,25,27). The number of benzene rings is 1. The molecule has 0 radical (unpaired) electrons. The molecular formula is C20H20F3N3O. The number of alkyl halides is 3. The smallest absolute Gasteiger partial charge is 0.354 e. The van der Waals surface area contributed by atoms with E-state index in [2.05, 4.69) is 10.3 Å². The van der Waals surface area contributed by atoms with Crippen molar-refractivity contribution in [3.8, 4) is 0 Å². The Hall–Kier alpha value is -2.57. The first-order chi connectivity index (χ1) is 12.9. The molecular weight excluding hydrogens is 355 g/mol. The summed E-state index contributed by atoms with van der Waals surface area (Å²) < 4.78 is 37.9. The number of pyridine rings is 1. The zero-order valence-corrected chi connectivity index (χ0v) is 14.7. The molecule has 2 heterocycles. The molecule has 27 heavy (non-hydrogen) atoms. The van der Waals surface area contributed by atoms with Gasteiger partial charge in [0.15, 0.2) is 0 Å². The Morgan fingerprint density at radius 2 is 1.96 bits per heavy atom. The molecule has 1 aliphatic carbocycles. The molecule has 1 fully saturated rings. The number of rotatable bonds is 3. The Morgan fingerprint density at radius 1 is 1.15 bits per heavy atom. The van der Waals surface area contributed by atoms with E-state index in [-0.39, 0.29) is 11.9 Å². The van der Waals surface area contributed by atoms with Gasteiger partial charge in [0.25, 0.3) is 5.91 Å². The van der Waals surface area contributed by atoms with Crippen LogP contribution < -0.4 is 10.2 Å². The molecule has 1 saturated heterocycles. The molecule has 2 aromatic rings. The van der Waals surface area contributed by atoms with Crippen LogP contribution in [0.2, 0.25) is 0 Å². The first kappa shape index (κ1) is 17.8. The van der Waals surface area contributed by atoms with Crippen molar-refractivity contribution >= 4 is 11.7 Å². The van der Waals surface area contributed by atoms with Gasteiger partial charge < -0.3 is 10.2 Å². The summed E-state index contributed by atoms with van der Waals surface area (Å²) in [6.45, 7) is 1.18. The van der Waals surface area contributed by atoms with Gasteiger partial charge in [0, 0.05) is 30.9 Å². The lowest BCUT2D eigenvalue weighted by molar-refractivity contribution is -0.137. The quantitative estimate of drug-likeness (QED) is 0.892. The number of halogens is 3. The van der Waals surface area contributed by atoms with Gasteiger partial charge in [0.05, 0.1) is 5.56 Å². The topological polar surface area (TPSA) is 45.2 Å². The summed E-state index contributed by atoms with van der Waals surface area (Å²) in [6.07, 6.45) is 0.439. The molecule has 7 heteroatoms. The van der Waals surface area contributed by atoms with Crippen LogP contribution in [0.5, 0.6) is 0 Å².